The molecule has 0 aromatic rings. The fourth-order valence-corrected chi connectivity index (χ4v) is 0.399. The van der Waals surface area contributed by atoms with E-state index in [-0.39, 0.29) is 0 Å². The van der Waals surface area contributed by atoms with Crippen molar-refractivity contribution in [2.75, 3.05) is 7.11 Å². The van der Waals surface area contributed by atoms with Crippen molar-refractivity contribution in [1.29, 1.82) is 0 Å². The zero-order valence-corrected chi connectivity index (χ0v) is 5.58. The van der Waals surface area contributed by atoms with Gasteiger partial charge in [-0.15, -0.1) is 3.89 Å². The second-order valence-corrected chi connectivity index (χ2v) is 2.19. The molecule has 0 aliphatic carbocycles. The molecule has 1 unspecified atom stereocenters. The third-order valence-corrected chi connectivity index (χ3v) is 1.19. The molecule has 0 rings (SSSR count). The van der Waals surface area contributed by atoms with Gasteiger partial charge in [0.1, 0.15) is 0 Å². The lowest BCUT2D eigenvalue weighted by atomic mass is 10.7. The smallest absolute Gasteiger partial charge is 0.444 e. The van der Waals surface area contributed by atoms with Gasteiger partial charge in [-0.25, -0.2) is 9.00 Å². The molecular formula is C3H3F3O3S. The highest BCUT2D eigenvalue weighted by Gasteiger charge is 2.48. The van der Waals surface area contributed by atoms with Gasteiger partial charge in [-0.1, -0.05) is 0 Å². The van der Waals surface area contributed by atoms with E-state index in [1.165, 1.54) is 0 Å². The molecule has 0 bridgehead atoms. The normalized spacial score (nSPS) is 14.4. The highest BCUT2D eigenvalue weighted by atomic mass is 32.2. The van der Waals surface area contributed by atoms with E-state index in [1.54, 1.807) is 0 Å². The maximum absolute atomic E-state index is 11.8. The molecule has 10 heavy (non-hydrogen) atoms. The summed E-state index contributed by atoms with van der Waals surface area (Å²) in [6.45, 7) is 0. The summed E-state index contributed by atoms with van der Waals surface area (Å²) in [6, 6.07) is 0. The first-order valence-electron chi connectivity index (χ1n) is 1.97. The van der Waals surface area contributed by atoms with Crippen molar-refractivity contribution < 1.29 is 26.4 Å². The number of ether oxygens (including phenoxy) is 1. The van der Waals surface area contributed by atoms with Gasteiger partial charge in [0.05, 0.1) is 7.11 Å². The van der Waals surface area contributed by atoms with Crippen molar-refractivity contribution >= 4 is 17.2 Å². The van der Waals surface area contributed by atoms with Crippen molar-refractivity contribution in [3.05, 3.63) is 0 Å². The Kier molecular flexibility index (Phi) is 2.82. The largest absolute Gasteiger partial charge is 0.464 e. The van der Waals surface area contributed by atoms with Crippen LogP contribution >= 0.6 is 0 Å². The van der Waals surface area contributed by atoms with Crippen LogP contribution in [-0.4, -0.2) is 22.5 Å². The van der Waals surface area contributed by atoms with Crippen LogP contribution in [0.4, 0.5) is 12.7 Å². The van der Waals surface area contributed by atoms with E-state index in [4.69, 9.17) is 0 Å². The lowest BCUT2D eigenvalue weighted by molar-refractivity contribution is -0.157. The van der Waals surface area contributed by atoms with Gasteiger partial charge in [0, 0.05) is 0 Å². The van der Waals surface area contributed by atoms with Crippen LogP contribution in [-0.2, 0) is 20.7 Å². The van der Waals surface area contributed by atoms with Crippen LogP contribution < -0.4 is 0 Å². The lowest BCUT2D eigenvalue weighted by Gasteiger charge is -2.05. The first-order valence-corrected chi connectivity index (χ1v) is 3.02. The first-order chi connectivity index (χ1) is 4.42. The SMILES string of the molecule is COC(=O)C(F)(F)S(=O)F. The number of halogens is 3. The summed E-state index contributed by atoms with van der Waals surface area (Å²) in [6.07, 6.45) is 0. The van der Waals surface area contributed by atoms with E-state index >= 15 is 0 Å². The van der Waals surface area contributed by atoms with Gasteiger partial charge in [-0.05, 0) is 0 Å². The molecule has 0 aromatic carbocycles. The molecule has 0 heterocycles. The number of rotatable bonds is 2. The summed E-state index contributed by atoms with van der Waals surface area (Å²) in [5, 5.41) is -4.55. The van der Waals surface area contributed by atoms with Gasteiger partial charge in [0.2, 0.25) is 0 Å². The Balaban J connectivity index is 4.40. The summed E-state index contributed by atoms with van der Waals surface area (Å²) >= 11 is -4.01. The van der Waals surface area contributed by atoms with Crippen molar-refractivity contribution in [2.24, 2.45) is 0 Å². The Hall–Kier alpha value is -0.590. The van der Waals surface area contributed by atoms with Crippen molar-refractivity contribution in [3.8, 4) is 0 Å². The van der Waals surface area contributed by atoms with Crippen LogP contribution in [0.3, 0.4) is 0 Å². The summed E-state index contributed by atoms with van der Waals surface area (Å²) in [7, 11) is 0.642. The average Bonchev–Trinajstić information content (AvgIpc) is 1.86. The van der Waals surface area contributed by atoms with E-state index in [0.29, 0.717) is 7.11 Å². The van der Waals surface area contributed by atoms with Gasteiger partial charge in [-0.3, -0.25) is 0 Å². The maximum atomic E-state index is 11.8. The van der Waals surface area contributed by atoms with E-state index in [1.807, 2.05) is 0 Å². The Bertz CT molecular complexity index is 168. The standard InChI is InChI=1S/C3H3F3O3S/c1-9-2(7)3(4,5)10(6)8/h1H3. The summed E-state index contributed by atoms with van der Waals surface area (Å²) in [5.74, 6) is -2.15. The van der Waals surface area contributed by atoms with Gasteiger partial charge in [0.15, 0.2) is 0 Å². The molecule has 60 valence electrons. The zero-order valence-electron chi connectivity index (χ0n) is 4.77. The molecule has 0 N–H and O–H groups in total. The fraction of sp³-hybridized carbons (Fsp3) is 0.667. The maximum Gasteiger partial charge on any atom is 0.444 e. The van der Waals surface area contributed by atoms with Crippen molar-refractivity contribution in [2.45, 2.75) is 5.25 Å². The van der Waals surface area contributed by atoms with Crippen LogP contribution in [0.2, 0.25) is 0 Å². The molecule has 0 saturated carbocycles. The molecule has 0 amide bonds. The van der Waals surface area contributed by atoms with E-state index in [2.05, 4.69) is 4.74 Å². The molecule has 0 aliphatic rings. The number of esters is 1. The predicted molar refractivity (Wildman–Crippen MR) is 26.2 cm³/mol. The third kappa shape index (κ3) is 1.69. The molecular weight excluding hydrogens is 173 g/mol. The summed E-state index contributed by atoms with van der Waals surface area (Å²) in [5.41, 5.74) is 0. The Morgan fingerprint density at radius 1 is 1.60 bits per heavy atom. The minimum absolute atomic E-state index is 0.642. The van der Waals surface area contributed by atoms with Crippen LogP contribution in [0.5, 0.6) is 0 Å². The number of carbonyl (C=O) groups is 1. The number of hydrogen-bond donors (Lipinski definition) is 0. The van der Waals surface area contributed by atoms with Crippen LogP contribution in [0, 0.1) is 0 Å². The van der Waals surface area contributed by atoms with E-state index < -0.39 is 22.4 Å². The highest BCUT2D eigenvalue weighted by Crippen LogP contribution is 2.20. The zero-order chi connectivity index (χ0) is 8.36. The summed E-state index contributed by atoms with van der Waals surface area (Å²) in [4.78, 5) is 9.87. The minimum Gasteiger partial charge on any atom is -0.464 e. The topological polar surface area (TPSA) is 43.4 Å². The quantitative estimate of drug-likeness (QED) is 0.451. The molecule has 7 heteroatoms. The van der Waals surface area contributed by atoms with Crippen LogP contribution in [0.15, 0.2) is 0 Å². The lowest BCUT2D eigenvalue weighted by Crippen LogP contribution is -2.32. The molecule has 1 atom stereocenters. The Morgan fingerprint density at radius 3 is 2.10 bits per heavy atom. The third-order valence-electron chi connectivity index (χ3n) is 0.625. The van der Waals surface area contributed by atoms with Crippen molar-refractivity contribution in [3.63, 3.8) is 0 Å². The second kappa shape index (κ2) is 3.00. The van der Waals surface area contributed by atoms with Crippen LogP contribution in [0.25, 0.3) is 0 Å². The van der Waals surface area contributed by atoms with Gasteiger partial charge in [-0.2, -0.15) is 8.78 Å². The van der Waals surface area contributed by atoms with E-state index in [0.717, 1.165) is 0 Å². The van der Waals surface area contributed by atoms with Gasteiger partial charge in [0.25, 0.3) is 11.2 Å². The molecule has 0 aliphatic heterocycles. The van der Waals surface area contributed by atoms with Gasteiger partial charge < -0.3 is 4.74 Å². The summed E-state index contributed by atoms with van der Waals surface area (Å²) < 4.78 is 47.8. The first kappa shape index (κ1) is 9.41. The number of methoxy groups -OCH3 is 1. The number of carbonyl (C=O) groups excluding carboxylic acids is 1. The number of alkyl halides is 2. The molecule has 0 radical (unpaired) electrons. The average molecular weight is 176 g/mol. The van der Waals surface area contributed by atoms with Gasteiger partial charge >= 0.3 is 11.2 Å². The number of hydrogen-bond acceptors (Lipinski definition) is 3. The predicted octanol–water partition coefficient (Wildman–Crippen LogP) is 0.385. The molecule has 0 spiro atoms. The Morgan fingerprint density at radius 2 is 2.00 bits per heavy atom. The van der Waals surface area contributed by atoms with E-state index in [9.17, 15) is 21.7 Å². The van der Waals surface area contributed by atoms with Crippen molar-refractivity contribution in [1.82, 2.24) is 0 Å². The minimum atomic E-state index is -4.55. The van der Waals surface area contributed by atoms with Crippen LogP contribution in [0.1, 0.15) is 0 Å². The monoisotopic (exact) mass is 176 g/mol. The highest BCUT2D eigenvalue weighted by molar-refractivity contribution is 7.81. The molecule has 0 saturated heterocycles. The fourth-order valence-electron chi connectivity index (χ4n) is 0.184. The second-order valence-electron chi connectivity index (χ2n) is 1.23. The Labute approximate surface area is 56.9 Å². The molecule has 0 fully saturated rings. The molecule has 0 aromatic heterocycles. The molecule has 3 nitrogen and oxygen atoms in total.